The molecule has 0 bridgehead atoms. The van der Waals surface area contributed by atoms with Crippen molar-refractivity contribution in [2.75, 3.05) is 27.7 Å². The lowest BCUT2D eigenvalue weighted by Crippen LogP contribution is -2.23. The molecule has 0 fully saturated rings. The Labute approximate surface area is 152 Å². The summed E-state index contributed by atoms with van der Waals surface area (Å²) in [5.74, 6) is 0.795. The first kappa shape index (κ1) is 18.6. The zero-order valence-electron chi connectivity index (χ0n) is 13.8. The van der Waals surface area contributed by atoms with Crippen LogP contribution >= 0.6 is 23.2 Å². The van der Waals surface area contributed by atoms with Gasteiger partial charge in [-0.3, -0.25) is 4.99 Å². The summed E-state index contributed by atoms with van der Waals surface area (Å²) in [6.07, 6.45) is 1.58. The number of methoxy groups -OCH3 is 1. The number of aliphatic imine (C=N–C) groups is 1. The van der Waals surface area contributed by atoms with Crippen LogP contribution in [0, 0.1) is 0 Å². The highest BCUT2D eigenvalue weighted by molar-refractivity contribution is 6.36. The zero-order chi connectivity index (χ0) is 17.7. The van der Waals surface area contributed by atoms with Gasteiger partial charge in [0.2, 0.25) is 0 Å². The van der Waals surface area contributed by atoms with Crippen molar-refractivity contribution in [3.8, 4) is 11.5 Å². The van der Waals surface area contributed by atoms with Crippen LogP contribution in [0.25, 0.3) is 0 Å². The molecule has 2 aromatic carbocycles. The Kier molecular flexibility index (Phi) is 6.49. The van der Waals surface area contributed by atoms with Crippen LogP contribution in [0.5, 0.6) is 11.5 Å². The number of nitrogens with zero attached hydrogens (tertiary/aromatic N) is 2. The first-order valence-electron chi connectivity index (χ1n) is 7.41. The van der Waals surface area contributed by atoms with Crippen LogP contribution in [0.15, 0.2) is 41.4 Å². The SMILES string of the molecule is COc1ccccc1[C@@H](CN=Cc1cc(Cl)cc(Cl)c1O)N(C)C. The van der Waals surface area contributed by atoms with E-state index in [2.05, 4.69) is 9.89 Å². The van der Waals surface area contributed by atoms with Gasteiger partial charge in [0.25, 0.3) is 0 Å². The number of para-hydroxylation sites is 1. The number of rotatable bonds is 6. The van der Waals surface area contributed by atoms with Gasteiger partial charge in [-0.15, -0.1) is 0 Å². The van der Waals surface area contributed by atoms with Gasteiger partial charge in [-0.2, -0.15) is 0 Å². The Morgan fingerprint density at radius 1 is 1.25 bits per heavy atom. The van der Waals surface area contributed by atoms with Crippen LogP contribution in [0.3, 0.4) is 0 Å². The number of hydrogen-bond acceptors (Lipinski definition) is 4. The van der Waals surface area contributed by atoms with Crippen molar-refractivity contribution in [2.24, 2.45) is 4.99 Å². The summed E-state index contributed by atoms with van der Waals surface area (Å²) in [6, 6.07) is 11.0. The lowest BCUT2D eigenvalue weighted by Gasteiger charge is -2.24. The molecule has 2 aromatic rings. The van der Waals surface area contributed by atoms with E-state index in [4.69, 9.17) is 27.9 Å². The quantitative estimate of drug-likeness (QED) is 0.769. The molecule has 1 N–H and O–H groups in total. The molecule has 0 saturated carbocycles. The third-order valence-corrected chi connectivity index (χ3v) is 4.19. The molecule has 24 heavy (non-hydrogen) atoms. The van der Waals surface area contributed by atoms with Crippen LogP contribution in [0.4, 0.5) is 0 Å². The standard InChI is InChI=1S/C18H20Cl2N2O2/c1-22(2)16(14-6-4-5-7-17(14)24-3)11-21-10-12-8-13(19)9-15(20)18(12)23/h4-10,16,23H,11H2,1-3H3/t16-/m1/s1. The minimum Gasteiger partial charge on any atom is -0.506 e. The number of likely N-dealkylation sites (N-methyl/N-ethyl adjacent to an activating group) is 1. The molecular formula is C18H20Cl2N2O2. The molecule has 0 unspecified atom stereocenters. The maximum absolute atomic E-state index is 9.98. The van der Waals surface area contributed by atoms with Gasteiger partial charge in [-0.25, -0.2) is 0 Å². The first-order chi connectivity index (χ1) is 11.4. The number of halogens is 2. The van der Waals surface area contributed by atoms with Crippen molar-refractivity contribution in [3.05, 3.63) is 57.6 Å². The summed E-state index contributed by atoms with van der Waals surface area (Å²) >= 11 is 11.9. The van der Waals surface area contributed by atoms with Crippen LogP contribution in [-0.4, -0.2) is 44.0 Å². The van der Waals surface area contributed by atoms with Crippen LogP contribution < -0.4 is 4.74 Å². The summed E-state index contributed by atoms with van der Waals surface area (Å²) < 4.78 is 5.44. The van der Waals surface area contributed by atoms with E-state index in [-0.39, 0.29) is 16.8 Å². The molecule has 6 heteroatoms. The van der Waals surface area contributed by atoms with Gasteiger partial charge >= 0.3 is 0 Å². The lowest BCUT2D eigenvalue weighted by molar-refractivity contribution is 0.295. The van der Waals surface area contributed by atoms with Crippen LogP contribution in [-0.2, 0) is 0 Å². The second kappa shape index (κ2) is 8.38. The van der Waals surface area contributed by atoms with Crippen molar-refractivity contribution < 1.29 is 9.84 Å². The van der Waals surface area contributed by atoms with Crippen LogP contribution in [0.1, 0.15) is 17.2 Å². The van der Waals surface area contributed by atoms with E-state index in [1.165, 1.54) is 6.07 Å². The molecular weight excluding hydrogens is 347 g/mol. The topological polar surface area (TPSA) is 45.1 Å². The summed E-state index contributed by atoms with van der Waals surface area (Å²) in [4.78, 5) is 6.53. The average Bonchev–Trinajstić information content (AvgIpc) is 2.55. The van der Waals surface area contributed by atoms with E-state index in [1.807, 2.05) is 38.4 Å². The fourth-order valence-corrected chi connectivity index (χ4v) is 2.93. The molecule has 0 heterocycles. The predicted molar refractivity (Wildman–Crippen MR) is 100 cm³/mol. The smallest absolute Gasteiger partial charge is 0.143 e. The summed E-state index contributed by atoms with van der Waals surface area (Å²) in [7, 11) is 5.63. The van der Waals surface area contributed by atoms with Crippen molar-refractivity contribution >= 4 is 29.4 Å². The van der Waals surface area contributed by atoms with Crippen LogP contribution in [0.2, 0.25) is 10.0 Å². The Morgan fingerprint density at radius 3 is 2.62 bits per heavy atom. The highest BCUT2D eigenvalue weighted by atomic mass is 35.5. The third kappa shape index (κ3) is 4.41. The summed E-state index contributed by atoms with van der Waals surface area (Å²) in [5.41, 5.74) is 1.54. The third-order valence-electron chi connectivity index (χ3n) is 3.69. The van der Waals surface area contributed by atoms with Gasteiger partial charge in [0.15, 0.2) is 0 Å². The molecule has 4 nitrogen and oxygen atoms in total. The zero-order valence-corrected chi connectivity index (χ0v) is 15.3. The maximum Gasteiger partial charge on any atom is 0.143 e. The average molecular weight is 367 g/mol. The molecule has 0 aromatic heterocycles. The second-order valence-corrected chi connectivity index (χ2v) is 6.38. The highest BCUT2D eigenvalue weighted by Gasteiger charge is 2.17. The number of benzene rings is 2. The van der Waals surface area contributed by atoms with Gasteiger partial charge in [0.05, 0.1) is 24.7 Å². The van der Waals surface area contributed by atoms with E-state index in [0.717, 1.165) is 11.3 Å². The van der Waals surface area contributed by atoms with Gasteiger partial charge < -0.3 is 14.7 Å². The largest absolute Gasteiger partial charge is 0.506 e. The molecule has 0 saturated heterocycles. The van der Waals surface area contributed by atoms with E-state index in [0.29, 0.717) is 17.1 Å². The predicted octanol–water partition coefficient (Wildman–Crippen LogP) is 4.43. The normalized spacial score (nSPS) is 12.8. The van der Waals surface area contributed by atoms with E-state index in [1.54, 1.807) is 19.4 Å². The highest BCUT2D eigenvalue weighted by Crippen LogP contribution is 2.31. The molecule has 0 amide bonds. The summed E-state index contributed by atoms with van der Waals surface area (Å²) in [6.45, 7) is 0.497. The Bertz CT molecular complexity index is 733. The number of hydrogen-bond donors (Lipinski definition) is 1. The van der Waals surface area contributed by atoms with Gasteiger partial charge in [0.1, 0.15) is 11.5 Å². The molecule has 128 valence electrons. The fraction of sp³-hybridized carbons (Fsp3) is 0.278. The first-order valence-corrected chi connectivity index (χ1v) is 8.16. The molecule has 2 rings (SSSR count). The van der Waals surface area contributed by atoms with Gasteiger partial charge in [-0.1, -0.05) is 41.4 Å². The van der Waals surface area contributed by atoms with E-state index >= 15 is 0 Å². The summed E-state index contributed by atoms with van der Waals surface area (Å²) in [5, 5.41) is 10.6. The maximum atomic E-state index is 9.98. The molecule has 0 aliphatic heterocycles. The van der Waals surface area contributed by atoms with E-state index in [9.17, 15) is 5.11 Å². The Hall–Kier alpha value is -1.75. The lowest BCUT2D eigenvalue weighted by atomic mass is 10.0. The monoisotopic (exact) mass is 366 g/mol. The molecule has 0 spiro atoms. The van der Waals surface area contributed by atoms with Gasteiger partial charge in [0, 0.05) is 22.4 Å². The minimum absolute atomic E-state index is 0.0245. The van der Waals surface area contributed by atoms with E-state index < -0.39 is 0 Å². The van der Waals surface area contributed by atoms with Crippen molar-refractivity contribution in [1.82, 2.24) is 4.90 Å². The molecule has 0 aliphatic rings. The minimum atomic E-state index is -0.0245. The van der Waals surface area contributed by atoms with Crippen molar-refractivity contribution in [3.63, 3.8) is 0 Å². The number of phenols is 1. The van der Waals surface area contributed by atoms with Gasteiger partial charge in [-0.05, 0) is 32.3 Å². The molecule has 0 radical (unpaired) electrons. The molecule has 0 aliphatic carbocycles. The number of phenolic OH excluding ortho intramolecular Hbond substituents is 1. The Morgan fingerprint density at radius 2 is 1.96 bits per heavy atom. The van der Waals surface area contributed by atoms with Crippen molar-refractivity contribution in [1.29, 1.82) is 0 Å². The fourth-order valence-electron chi connectivity index (χ4n) is 2.42. The van der Waals surface area contributed by atoms with Crippen molar-refractivity contribution in [2.45, 2.75) is 6.04 Å². The number of ether oxygens (including phenoxy) is 1. The second-order valence-electron chi connectivity index (χ2n) is 5.54. The Balaban J connectivity index is 2.24. The number of aromatic hydroxyl groups is 1. The molecule has 1 atom stereocenters.